The molecule has 1 amide bonds. The monoisotopic (exact) mass is 522 g/mol. The first-order chi connectivity index (χ1) is 18.4. The molecule has 2 unspecified atom stereocenters. The Bertz CT molecular complexity index is 1330. The Hall–Kier alpha value is -3.47. The summed E-state index contributed by atoms with van der Waals surface area (Å²) in [6, 6.07) is 7.85. The molecular weight excluding hydrogens is 490 g/mol. The summed E-state index contributed by atoms with van der Waals surface area (Å²) in [6.07, 6.45) is 2.61. The highest BCUT2D eigenvalue weighted by atomic mass is 19.1. The van der Waals surface area contributed by atoms with E-state index < -0.39 is 17.7 Å². The molecule has 2 aliphatic rings. The summed E-state index contributed by atoms with van der Waals surface area (Å²) in [6.45, 7) is 3.82. The zero-order valence-electron chi connectivity index (χ0n) is 21.5. The Morgan fingerprint density at radius 1 is 1.13 bits per heavy atom. The Kier molecular flexibility index (Phi) is 7.64. The van der Waals surface area contributed by atoms with E-state index in [2.05, 4.69) is 20.9 Å². The van der Waals surface area contributed by atoms with Crippen molar-refractivity contribution in [1.29, 1.82) is 0 Å². The fourth-order valence-corrected chi connectivity index (χ4v) is 4.90. The molecule has 2 atom stereocenters. The fourth-order valence-electron chi connectivity index (χ4n) is 4.90. The highest BCUT2D eigenvalue weighted by molar-refractivity contribution is 5.95. The summed E-state index contributed by atoms with van der Waals surface area (Å²) in [7, 11) is 1.82. The van der Waals surface area contributed by atoms with Gasteiger partial charge in [-0.15, -0.1) is 0 Å². The van der Waals surface area contributed by atoms with Crippen LogP contribution in [0.3, 0.4) is 0 Å². The number of carbonyl (C=O) groups excluding carboxylic acids is 1. The lowest BCUT2D eigenvalue weighted by molar-refractivity contribution is -0.878. The number of nitrogens with one attached hydrogen (secondary N) is 4. The molecule has 3 aromatic rings. The smallest absolute Gasteiger partial charge is 0.251 e. The topological polar surface area (TPSA) is 106 Å². The quantitative estimate of drug-likeness (QED) is 0.254. The lowest BCUT2D eigenvalue weighted by Crippen LogP contribution is -3.09. The van der Waals surface area contributed by atoms with Crippen molar-refractivity contribution in [2.24, 2.45) is 5.92 Å². The summed E-state index contributed by atoms with van der Waals surface area (Å²) in [5.74, 6) is -0.918. The van der Waals surface area contributed by atoms with E-state index in [0.717, 1.165) is 36.1 Å². The number of carbonyl (C=O) groups is 1. The number of benzene rings is 2. The van der Waals surface area contributed by atoms with Gasteiger partial charge in [0.15, 0.2) is 6.04 Å². The maximum atomic E-state index is 14.9. The lowest BCUT2D eigenvalue weighted by Gasteiger charge is -2.37. The van der Waals surface area contributed by atoms with Gasteiger partial charge >= 0.3 is 0 Å². The SMILES string of the molecule is CNCCNc1nc(-c2cc(C(=O)NCC3CC3)ccc2C)c2c(n1)C(c1c(F)cccc1F)[NH+]([O-])CC2. The molecule has 1 aromatic heterocycles. The number of likely N-dealkylation sites (N-methyl/N-ethyl adjacent to an activating group) is 1. The number of fused-ring (bicyclic) bond motifs is 1. The summed E-state index contributed by atoms with van der Waals surface area (Å²) in [5.41, 5.74) is 3.34. The van der Waals surface area contributed by atoms with Gasteiger partial charge in [-0.3, -0.25) is 4.79 Å². The van der Waals surface area contributed by atoms with Crippen LogP contribution >= 0.6 is 0 Å². The van der Waals surface area contributed by atoms with Crippen LogP contribution in [0.5, 0.6) is 0 Å². The van der Waals surface area contributed by atoms with E-state index in [4.69, 9.17) is 4.98 Å². The molecule has 0 saturated heterocycles. The van der Waals surface area contributed by atoms with Crippen LogP contribution in [-0.2, 0) is 6.42 Å². The van der Waals surface area contributed by atoms with Crippen LogP contribution in [-0.4, -0.2) is 49.1 Å². The standard InChI is InChI=1S/C28H32F2N6O2/c1-16-6-9-18(27(37)33-15-17-7-8-17)14-20(16)24-19-10-13-36(38)26(23-21(29)4-3-5-22(23)30)25(19)35-28(34-24)32-12-11-31-2/h3-6,9,14,17,26,31,36H,7-8,10-13,15H2,1-2H3,(H,33,37)(H,32,34,35). The molecule has 0 bridgehead atoms. The molecule has 38 heavy (non-hydrogen) atoms. The van der Waals surface area contributed by atoms with Crippen molar-refractivity contribution in [3.05, 3.63) is 81.2 Å². The zero-order valence-corrected chi connectivity index (χ0v) is 21.5. The van der Waals surface area contributed by atoms with Crippen LogP contribution in [0, 0.1) is 29.7 Å². The van der Waals surface area contributed by atoms with Gasteiger partial charge in [0, 0.05) is 42.7 Å². The molecule has 1 aliphatic heterocycles. The largest absolute Gasteiger partial charge is 0.634 e. The average molecular weight is 523 g/mol. The highest BCUT2D eigenvalue weighted by Gasteiger charge is 2.36. The first-order valence-corrected chi connectivity index (χ1v) is 13.0. The van der Waals surface area contributed by atoms with Gasteiger partial charge in [-0.1, -0.05) is 12.1 Å². The number of nitrogens with zero attached hydrogens (tertiary/aromatic N) is 2. The molecule has 10 heteroatoms. The number of anilines is 1. The molecular formula is C28H32F2N6O2. The molecule has 2 heterocycles. The maximum absolute atomic E-state index is 14.9. The number of hydrogen-bond acceptors (Lipinski definition) is 6. The van der Waals surface area contributed by atoms with Crippen LogP contribution in [0.2, 0.25) is 0 Å². The van der Waals surface area contributed by atoms with E-state index >= 15 is 0 Å². The van der Waals surface area contributed by atoms with Crippen molar-refractivity contribution in [3.8, 4) is 11.3 Å². The van der Waals surface area contributed by atoms with E-state index in [1.54, 1.807) is 12.1 Å². The molecule has 4 N–H and O–H groups in total. The third-order valence-electron chi connectivity index (χ3n) is 7.21. The van der Waals surface area contributed by atoms with Crippen LogP contribution in [0.15, 0.2) is 36.4 Å². The van der Waals surface area contributed by atoms with Gasteiger partial charge in [0.25, 0.3) is 5.91 Å². The summed E-state index contributed by atoms with van der Waals surface area (Å²) < 4.78 is 29.8. The van der Waals surface area contributed by atoms with E-state index in [1.807, 2.05) is 20.0 Å². The molecule has 1 fully saturated rings. The number of aryl methyl sites for hydroxylation is 1. The van der Waals surface area contributed by atoms with Crippen LogP contribution in [0.1, 0.15) is 51.6 Å². The van der Waals surface area contributed by atoms with Crippen LogP contribution < -0.4 is 21.0 Å². The van der Waals surface area contributed by atoms with Crippen molar-refractivity contribution in [2.45, 2.75) is 32.2 Å². The number of halogens is 2. The van der Waals surface area contributed by atoms with E-state index in [-0.39, 0.29) is 29.0 Å². The van der Waals surface area contributed by atoms with E-state index in [1.165, 1.54) is 6.07 Å². The maximum Gasteiger partial charge on any atom is 0.251 e. The predicted octanol–water partition coefficient (Wildman–Crippen LogP) is 2.53. The number of hydroxylamine groups is 2. The van der Waals surface area contributed by atoms with Crippen LogP contribution in [0.25, 0.3) is 11.3 Å². The van der Waals surface area contributed by atoms with Gasteiger partial charge in [0.1, 0.15) is 17.3 Å². The van der Waals surface area contributed by atoms with E-state index in [9.17, 15) is 18.8 Å². The average Bonchev–Trinajstić information content (AvgIpc) is 3.73. The molecule has 1 aliphatic carbocycles. The number of rotatable bonds is 9. The summed E-state index contributed by atoms with van der Waals surface area (Å²) >= 11 is 0. The zero-order chi connectivity index (χ0) is 26.8. The highest BCUT2D eigenvalue weighted by Crippen LogP contribution is 2.35. The number of hydrogen-bond donors (Lipinski definition) is 4. The minimum Gasteiger partial charge on any atom is -0.634 e. The van der Waals surface area contributed by atoms with Gasteiger partial charge in [0.2, 0.25) is 5.95 Å². The Labute approximate surface area is 220 Å². The van der Waals surface area contributed by atoms with Crippen LogP contribution in [0.4, 0.5) is 14.7 Å². The van der Waals surface area contributed by atoms with Gasteiger partial charge in [-0.25, -0.2) is 18.7 Å². The van der Waals surface area contributed by atoms with Gasteiger partial charge in [0.05, 0.1) is 17.8 Å². The van der Waals surface area contributed by atoms with Gasteiger partial charge < -0.3 is 26.2 Å². The van der Waals surface area contributed by atoms with Gasteiger partial charge in [-0.2, -0.15) is 0 Å². The molecule has 5 rings (SSSR count). The molecule has 0 radical (unpaired) electrons. The lowest BCUT2D eigenvalue weighted by atomic mass is 9.89. The normalized spacial score (nSPS) is 18.7. The minimum absolute atomic E-state index is 0.106. The minimum atomic E-state index is -1.18. The summed E-state index contributed by atoms with van der Waals surface area (Å²) in [4.78, 5) is 22.3. The molecule has 0 spiro atoms. The van der Waals surface area contributed by atoms with Crippen molar-refractivity contribution < 1.29 is 18.6 Å². The second kappa shape index (κ2) is 11.1. The van der Waals surface area contributed by atoms with Crippen molar-refractivity contribution in [1.82, 2.24) is 20.6 Å². The first-order valence-electron chi connectivity index (χ1n) is 13.0. The third kappa shape index (κ3) is 5.38. The molecule has 200 valence electrons. The second-order valence-corrected chi connectivity index (χ2v) is 10.0. The molecule has 2 aromatic carbocycles. The fraction of sp³-hybridized carbons (Fsp3) is 0.393. The Morgan fingerprint density at radius 3 is 2.61 bits per heavy atom. The predicted molar refractivity (Wildman–Crippen MR) is 141 cm³/mol. The Morgan fingerprint density at radius 2 is 1.89 bits per heavy atom. The van der Waals surface area contributed by atoms with Crippen molar-refractivity contribution >= 4 is 11.9 Å². The van der Waals surface area contributed by atoms with Crippen molar-refractivity contribution in [3.63, 3.8) is 0 Å². The summed E-state index contributed by atoms with van der Waals surface area (Å²) in [5, 5.41) is 22.0. The second-order valence-electron chi connectivity index (χ2n) is 10.0. The molecule has 8 nitrogen and oxygen atoms in total. The van der Waals surface area contributed by atoms with Crippen molar-refractivity contribution in [2.75, 3.05) is 38.5 Å². The number of quaternary nitrogens is 1. The number of amides is 1. The first kappa shape index (κ1) is 26.1. The van der Waals surface area contributed by atoms with Gasteiger partial charge in [-0.05, 0) is 62.6 Å². The van der Waals surface area contributed by atoms with E-state index in [0.29, 0.717) is 54.5 Å². The number of aromatic nitrogens is 2. The third-order valence-corrected chi connectivity index (χ3v) is 7.21. The molecule has 1 saturated carbocycles. The Balaban J connectivity index is 1.63.